The lowest BCUT2D eigenvalue weighted by atomic mass is 9.78. The highest BCUT2D eigenvalue weighted by Gasteiger charge is 2.44. The fourth-order valence-electron chi connectivity index (χ4n) is 8.74. The molecule has 0 saturated carbocycles. The number of carbonyl (C=O) groups excluding carboxylic acids is 4. The average Bonchev–Trinajstić information content (AvgIpc) is 3.17. The fourth-order valence-corrected chi connectivity index (χ4v) is 8.74. The molecule has 0 aromatic heterocycles. The molecule has 0 aliphatic carbocycles. The van der Waals surface area contributed by atoms with Crippen molar-refractivity contribution in [2.75, 3.05) is 0 Å². The van der Waals surface area contributed by atoms with Gasteiger partial charge in [0.25, 0.3) is 23.6 Å². The van der Waals surface area contributed by atoms with E-state index in [1.54, 1.807) is 26.0 Å². The van der Waals surface area contributed by atoms with Gasteiger partial charge in [0.2, 0.25) is 0 Å². The van der Waals surface area contributed by atoms with Crippen molar-refractivity contribution in [1.82, 2.24) is 9.80 Å². The number of nitrogens with zero attached hydrogens (tertiary/aromatic N) is 2. The van der Waals surface area contributed by atoms with Gasteiger partial charge in [-0.3, -0.25) is 29.0 Å². The van der Waals surface area contributed by atoms with E-state index in [2.05, 4.69) is 0 Å². The summed E-state index contributed by atoms with van der Waals surface area (Å²) in [5, 5.41) is -0.435. The summed E-state index contributed by atoms with van der Waals surface area (Å²) >= 11 is 0. The van der Waals surface area contributed by atoms with Crippen molar-refractivity contribution in [1.29, 1.82) is 0 Å². The summed E-state index contributed by atoms with van der Waals surface area (Å²) in [7, 11) is 0. The highest BCUT2D eigenvalue weighted by Crippen LogP contribution is 2.48. The van der Waals surface area contributed by atoms with Crippen LogP contribution in [0.25, 0.3) is 33.0 Å². The van der Waals surface area contributed by atoms with Crippen LogP contribution in [0, 0.1) is 34.6 Å². The van der Waals surface area contributed by atoms with Gasteiger partial charge in [0, 0.05) is 21.9 Å². The summed E-state index contributed by atoms with van der Waals surface area (Å²) < 4.78 is 127. The molecule has 6 aromatic rings. The van der Waals surface area contributed by atoms with Crippen LogP contribution in [0.15, 0.2) is 84.9 Å². The Hall–Kier alpha value is -6.77. The first kappa shape index (κ1) is 42.9. The van der Waals surface area contributed by atoms with Crippen molar-refractivity contribution in [3.05, 3.63) is 163 Å². The molecule has 2 aliphatic rings. The van der Waals surface area contributed by atoms with E-state index >= 15 is 0 Å². The van der Waals surface area contributed by atoms with Crippen LogP contribution in [0.4, 0.5) is 39.5 Å². The number of alkyl halides is 9. The van der Waals surface area contributed by atoms with Crippen LogP contribution in [0.1, 0.15) is 97.1 Å². The molecule has 0 spiro atoms. The maximum Gasteiger partial charge on any atom is 0.416 e. The van der Waals surface area contributed by atoms with Gasteiger partial charge in [0.15, 0.2) is 0 Å². The Morgan fingerprint density at radius 1 is 0.365 bits per heavy atom. The number of benzene rings is 6. The third kappa shape index (κ3) is 7.63. The number of halogens is 9. The Bertz CT molecular complexity index is 3000. The first-order chi connectivity index (χ1) is 29.3. The quantitative estimate of drug-likeness (QED) is 0.123. The van der Waals surface area contributed by atoms with E-state index in [1.807, 2.05) is 6.07 Å². The van der Waals surface area contributed by atoms with E-state index in [1.165, 1.54) is 45.0 Å². The summed E-state index contributed by atoms with van der Waals surface area (Å²) in [6.07, 6.45) is -14.5. The lowest BCUT2D eigenvalue weighted by Crippen LogP contribution is -2.43. The SMILES string of the molecule is Cc1cc(C)cc(-c2cc3c4c(c(-c5cc(C)cc(C(F)(F)F)c5)cc5c4c2C(=O)N(Cc2cc(C)cc(C(F)(F)F)c2)C5=O)C(=O)N(Cc2cc(C)cc(C(F)(F)F)c2)C3=O)c1. The number of aryl methyl sites for hydroxylation is 5. The van der Waals surface area contributed by atoms with Crippen molar-refractivity contribution in [3.8, 4) is 22.3 Å². The summed E-state index contributed by atoms with van der Waals surface area (Å²) in [6, 6.07) is 16.6. The smallest absolute Gasteiger partial charge is 0.270 e. The van der Waals surface area contributed by atoms with E-state index in [4.69, 9.17) is 0 Å². The fraction of sp³-hybridized carbons (Fsp3) is 0.208. The van der Waals surface area contributed by atoms with Crippen LogP contribution >= 0.6 is 0 Å². The third-order valence-corrected chi connectivity index (χ3v) is 11.1. The molecule has 15 heteroatoms. The predicted octanol–water partition coefficient (Wildman–Crippen LogP) is 12.4. The Morgan fingerprint density at radius 2 is 0.683 bits per heavy atom. The van der Waals surface area contributed by atoms with Gasteiger partial charge in [-0.1, -0.05) is 58.7 Å². The van der Waals surface area contributed by atoms with Gasteiger partial charge in [-0.05, 0) is 122 Å². The van der Waals surface area contributed by atoms with Gasteiger partial charge < -0.3 is 0 Å². The maximum atomic E-state index is 14.9. The van der Waals surface area contributed by atoms with Crippen LogP contribution < -0.4 is 0 Å². The Balaban J connectivity index is 1.45. The summed E-state index contributed by atoms with van der Waals surface area (Å²) in [4.78, 5) is 60.8. The minimum Gasteiger partial charge on any atom is -0.270 e. The highest BCUT2D eigenvalue weighted by molar-refractivity contribution is 6.36. The Kier molecular flexibility index (Phi) is 9.99. The second-order valence-corrected chi connectivity index (χ2v) is 16.2. The molecule has 0 unspecified atom stereocenters. The molecule has 2 aliphatic heterocycles. The first-order valence-electron chi connectivity index (χ1n) is 19.3. The zero-order valence-corrected chi connectivity index (χ0v) is 33.9. The van der Waals surface area contributed by atoms with E-state index < -0.39 is 71.9 Å². The zero-order valence-electron chi connectivity index (χ0n) is 33.9. The van der Waals surface area contributed by atoms with Crippen LogP contribution in [-0.4, -0.2) is 33.4 Å². The molecular weight excluding hydrogens is 840 g/mol. The molecular formula is C48H33F9N2O4. The number of hydrogen-bond donors (Lipinski definition) is 0. The molecule has 0 saturated heterocycles. The number of amides is 4. The second-order valence-electron chi connectivity index (χ2n) is 16.2. The second kappa shape index (κ2) is 14.7. The molecule has 6 nitrogen and oxygen atoms in total. The van der Waals surface area contributed by atoms with Crippen molar-refractivity contribution in [2.24, 2.45) is 0 Å². The first-order valence-corrected chi connectivity index (χ1v) is 19.3. The molecule has 0 fully saturated rings. The minimum atomic E-state index is -4.89. The molecule has 0 N–H and O–H groups in total. The Labute approximate surface area is 353 Å². The highest BCUT2D eigenvalue weighted by atomic mass is 19.4. The lowest BCUT2D eigenvalue weighted by molar-refractivity contribution is -0.138. The van der Waals surface area contributed by atoms with Gasteiger partial charge in [-0.15, -0.1) is 0 Å². The molecule has 0 bridgehead atoms. The number of rotatable bonds is 6. The molecule has 8 rings (SSSR count). The molecule has 0 atom stereocenters. The zero-order chi connectivity index (χ0) is 45.8. The predicted molar refractivity (Wildman–Crippen MR) is 215 cm³/mol. The van der Waals surface area contributed by atoms with Gasteiger partial charge >= 0.3 is 18.5 Å². The third-order valence-electron chi connectivity index (χ3n) is 11.1. The summed E-state index contributed by atoms with van der Waals surface area (Å²) in [6.45, 7) is 6.32. The van der Waals surface area contributed by atoms with E-state index in [-0.39, 0.29) is 77.5 Å². The van der Waals surface area contributed by atoms with Gasteiger partial charge in [-0.25, -0.2) is 0 Å². The summed E-state index contributed by atoms with van der Waals surface area (Å²) in [5.41, 5.74) is -2.73. The molecule has 322 valence electrons. The van der Waals surface area contributed by atoms with E-state index in [9.17, 15) is 58.7 Å². The molecule has 0 radical (unpaired) electrons. The molecule has 63 heavy (non-hydrogen) atoms. The summed E-state index contributed by atoms with van der Waals surface area (Å²) in [5.74, 6) is -4.20. The van der Waals surface area contributed by atoms with Crippen LogP contribution in [0.5, 0.6) is 0 Å². The topological polar surface area (TPSA) is 74.8 Å². The molecule has 2 heterocycles. The minimum absolute atomic E-state index is 0.0643. The molecule has 6 aromatic carbocycles. The number of imide groups is 2. The van der Waals surface area contributed by atoms with E-state index in [0.717, 1.165) is 47.4 Å². The van der Waals surface area contributed by atoms with Crippen molar-refractivity contribution >= 4 is 34.4 Å². The Morgan fingerprint density at radius 3 is 1.05 bits per heavy atom. The van der Waals surface area contributed by atoms with Crippen molar-refractivity contribution < 1.29 is 58.7 Å². The standard InChI is InChI=1S/C48H33F9N2O4/c1-22-6-23(2)10-29(9-22)34-18-36-39-38-37(43(61)58(44(62)40(34)38)20-27-7-24(3)12-31(15-27)46(49,50)51)19-35(30-11-26(5)14-33(17-30)48(55,56)57)41(39)45(63)59(42(36)60)21-28-8-25(4)13-32(16-28)47(52,53)54/h6-19H,20-21H2,1-5H3. The number of hydrogen-bond acceptors (Lipinski definition) is 4. The normalized spacial score (nSPS) is 14.4. The van der Waals surface area contributed by atoms with Crippen LogP contribution in [0.2, 0.25) is 0 Å². The van der Waals surface area contributed by atoms with Gasteiger partial charge in [-0.2, -0.15) is 39.5 Å². The van der Waals surface area contributed by atoms with Crippen LogP contribution in [0.3, 0.4) is 0 Å². The van der Waals surface area contributed by atoms with Gasteiger partial charge in [0.05, 0.1) is 40.9 Å². The molecule has 4 amide bonds. The lowest BCUT2D eigenvalue weighted by Gasteiger charge is -2.35. The number of carbonyl (C=O) groups is 4. The van der Waals surface area contributed by atoms with Crippen LogP contribution in [-0.2, 0) is 31.6 Å². The van der Waals surface area contributed by atoms with Crippen molar-refractivity contribution in [3.63, 3.8) is 0 Å². The van der Waals surface area contributed by atoms with E-state index in [0.29, 0.717) is 21.6 Å². The van der Waals surface area contributed by atoms with Gasteiger partial charge in [0.1, 0.15) is 0 Å². The maximum absolute atomic E-state index is 14.9. The monoisotopic (exact) mass is 872 g/mol. The average molecular weight is 873 g/mol. The largest absolute Gasteiger partial charge is 0.416 e. The van der Waals surface area contributed by atoms with Crippen molar-refractivity contribution in [2.45, 2.75) is 66.2 Å².